The van der Waals surface area contributed by atoms with Gasteiger partial charge in [0, 0.05) is 12.1 Å². The molecule has 1 aliphatic carbocycles. The summed E-state index contributed by atoms with van der Waals surface area (Å²) >= 11 is 0. The maximum atomic E-state index is 11.7. The average molecular weight is 222 g/mol. The number of aromatic amines is 2. The Balaban J connectivity index is 1.98. The fourth-order valence-electron chi connectivity index (χ4n) is 2.51. The van der Waals surface area contributed by atoms with Crippen molar-refractivity contribution in [2.75, 3.05) is 0 Å². The Morgan fingerprint density at radius 2 is 2.06 bits per heavy atom. The van der Waals surface area contributed by atoms with Gasteiger partial charge in [-0.05, 0) is 24.7 Å². The number of hydrogen-bond donors (Lipinski definition) is 2. The molecule has 2 aliphatic rings. The first-order chi connectivity index (χ1) is 7.66. The fraction of sp³-hybridized carbons (Fsp3) is 0.750. The van der Waals surface area contributed by atoms with Gasteiger partial charge in [-0.15, -0.1) is 0 Å². The molecule has 0 saturated heterocycles. The lowest BCUT2D eigenvalue weighted by Gasteiger charge is -2.31. The van der Waals surface area contributed by atoms with Gasteiger partial charge in [-0.1, -0.05) is 13.8 Å². The molecule has 0 amide bonds. The van der Waals surface area contributed by atoms with E-state index in [0.29, 0.717) is 11.8 Å². The van der Waals surface area contributed by atoms with Crippen LogP contribution in [0.4, 0.5) is 0 Å². The summed E-state index contributed by atoms with van der Waals surface area (Å²) in [7, 11) is 0. The first kappa shape index (κ1) is 10.1. The lowest BCUT2D eigenvalue weighted by atomic mass is 9.93. The molecule has 0 spiro atoms. The van der Waals surface area contributed by atoms with Crippen molar-refractivity contribution < 1.29 is 4.74 Å². The molecular weight excluding hydrogens is 204 g/mol. The topological polar surface area (TPSA) is 57.9 Å². The molecule has 2 unspecified atom stereocenters. The maximum Gasteiger partial charge on any atom is 0.270 e. The zero-order valence-corrected chi connectivity index (χ0v) is 9.75. The monoisotopic (exact) mass is 222 g/mol. The molecule has 0 radical (unpaired) electrons. The van der Waals surface area contributed by atoms with E-state index in [1.807, 2.05) is 0 Å². The zero-order valence-electron chi connectivity index (χ0n) is 9.75. The number of fused-ring (bicyclic) bond motifs is 1. The van der Waals surface area contributed by atoms with Gasteiger partial charge < -0.3 is 9.84 Å². The Morgan fingerprint density at radius 1 is 1.31 bits per heavy atom. The van der Waals surface area contributed by atoms with Crippen LogP contribution in [0.2, 0.25) is 0 Å². The summed E-state index contributed by atoms with van der Waals surface area (Å²) < 4.78 is 6.10. The van der Waals surface area contributed by atoms with Crippen molar-refractivity contribution in [1.29, 1.82) is 0 Å². The van der Waals surface area contributed by atoms with E-state index in [9.17, 15) is 4.79 Å². The summed E-state index contributed by atoms with van der Waals surface area (Å²) in [6.07, 6.45) is 3.49. The van der Waals surface area contributed by atoms with E-state index in [2.05, 4.69) is 24.0 Å². The van der Waals surface area contributed by atoms with E-state index in [4.69, 9.17) is 4.74 Å². The minimum absolute atomic E-state index is 0.00843. The summed E-state index contributed by atoms with van der Waals surface area (Å²) in [4.78, 5) is 11.7. The molecule has 1 aromatic rings. The molecule has 4 heteroatoms. The third-order valence-electron chi connectivity index (χ3n) is 3.70. The second-order valence-electron chi connectivity index (χ2n) is 5.35. The number of hydrogen-bond acceptors (Lipinski definition) is 2. The molecule has 2 N–H and O–H groups in total. The van der Waals surface area contributed by atoms with E-state index < -0.39 is 0 Å². The minimum Gasteiger partial charge on any atom is -0.369 e. The normalized spacial score (nSPS) is 29.4. The maximum absolute atomic E-state index is 11.7. The Morgan fingerprint density at radius 3 is 2.69 bits per heavy atom. The molecule has 0 aromatic carbocycles. The van der Waals surface area contributed by atoms with Crippen molar-refractivity contribution in [2.45, 2.75) is 45.3 Å². The van der Waals surface area contributed by atoms with Crippen LogP contribution in [0.3, 0.4) is 0 Å². The number of aromatic nitrogens is 2. The van der Waals surface area contributed by atoms with Crippen molar-refractivity contribution in [3.63, 3.8) is 0 Å². The second kappa shape index (κ2) is 3.48. The summed E-state index contributed by atoms with van der Waals surface area (Å²) in [6, 6.07) is 0. The van der Waals surface area contributed by atoms with Crippen LogP contribution in [0, 0.1) is 11.8 Å². The molecule has 16 heavy (non-hydrogen) atoms. The predicted octanol–water partition coefficient (Wildman–Crippen LogP) is 1.75. The molecule has 2 atom stereocenters. The van der Waals surface area contributed by atoms with E-state index in [1.54, 1.807) is 0 Å². The lowest BCUT2D eigenvalue weighted by Crippen LogP contribution is -2.33. The van der Waals surface area contributed by atoms with Crippen LogP contribution in [-0.4, -0.2) is 16.3 Å². The summed E-state index contributed by atoms with van der Waals surface area (Å²) in [6.45, 7) is 4.34. The second-order valence-corrected chi connectivity index (χ2v) is 5.35. The standard InChI is InChI=1S/C12H18N2O2/c1-6(2)9-5-8-10(12(15)14-13-8)11(16-9)7-3-4-7/h6-7,9,11H,3-5H2,1-2H3,(H2,13,14,15). The largest absolute Gasteiger partial charge is 0.369 e. The van der Waals surface area contributed by atoms with E-state index in [1.165, 1.54) is 12.8 Å². The SMILES string of the molecule is CC(C)C1Cc2[nH][nH]c(=O)c2C(C2CC2)O1. The molecule has 88 valence electrons. The van der Waals surface area contributed by atoms with Crippen LogP contribution in [-0.2, 0) is 11.2 Å². The highest BCUT2D eigenvalue weighted by Gasteiger charge is 2.41. The molecule has 2 heterocycles. The van der Waals surface area contributed by atoms with Crippen molar-refractivity contribution in [1.82, 2.24) is 10.2 Å². The zero-order chi connectivity index (χ0) is 11.3. The van der Waals surface area contributed by atoms with E-state index in [-0.39, 0.29) is 17.8 Å². The third-order valence-corrected chi connectivity index (χ3v) is 3.70. The number of nitrogens with one attached hydrogen (secondary N) is 2. The number of rotatable bonds is 2. The van der Waals surface area contributed by atoms with Gasteiger partial charge in [0.2, 0.25) is 0 Å². The van der Waals surface area contributed by atoms with Crippen molar-refractivity contribution in [3.05, 3.63) is 21.6 Å². The predicted molar refractivity (Wildman–Crippen MR) is 60.3 cm³/mol. The van der Waals surface area contributed by atoms with E-state index in [0.717, 1.165) is 17.7 Å². The average Bonchev–Trinajstić information content (AvgIpc) is 3.03. The Kier molecular flexibility index (Phi) is 2.21. The molecule has 3 rings (SSSR count). The van der Waals surface area contributed by atoms with E-state index >= 15 is 0 Å². The van der Waals surface area contributed by atoms with Gasteiger partial charge in [-0.2, -0.15) is 0 Å². The van der Waals surface area contributed by atoms with Crippen LogP contribution < -0.4 is 5.56 Å². The fourth-order valence-corrected chi connectivity index (χ4v) is 2.51. The Hall–Kier alpha value is -1.03. The smallest absolute Gasteiger partial charge is 0.270 e. The van der Waals surface area contributed by atoms with Crippen LogP contribution >= 0.6 is 0 Å². The Bertz CT molecular complexity index is 442. The summed E-state index contributed by atoms with van der Waals surface area (Å²) in [5.41, 5.74) is 1.93. The first-order valence-corrected chi connectivity index (χ1v) is 6.11. The number of H-pyrrole nitrogens is 2. The van der Waals surface area contributed by atoms with Crippen LogP contribution in [0.25, 0.3) is 0 Å². The van der Waals surface area contributed by atoms with Gasteiger partial charge in [0.25, 0.3) is 5.56 Å². The van der Waals surface area contributed by atoms with Crippen molar-refractivity contribution in [2.24, 2.45) is 11.8 Å². The lowest BCUT2D eigenvalue weighted by molar-refractivity contribution is -0.0597. The van der Waals surface area contributed by atoms with Gasteiger partial charge in [0.05, 0.1) is 17.8 Å². The van der Waals surface area contributed by atoms with Crippen LogP contribution in [0.1, 0.15) is 44.1 Å². The molecule has 0 bridgehead atoms. The molecule has 1 fully saturated rings. The van der Waals surface area contributed by atoms with Gasteiger partial charge in [0.1, 0.15) is 0 Å². The van der Waals surface area contributed by atoms with Gasteiger partial charge in [-0.3, -0.25) is 9.89 Å². The quantitative estimate of drug-likeness (QED) is 0.801. The van der Waals surface area contributed by atoms with Gasteiger partial charge >= 0.3 is 0 Å². The molecule has 1 aromatic heterocycles. The highest BCUT2D eigenvalue weighted by molar-refractivity contribution is 5.25. The molecule has 1 saturated carbocycles. The number of ether oxygens (including phenoxy) is 1. The van der Waals surface area contributed by atoms with Crippen LogP contribution in [0.15, 0.2) is 4.79 Å². The summed E-state index contributed by atoms with van der Waals surface area (Å²) in [5, 5.41) is 5.70. The first-order valence-electron chi connectivity index (χ1n) is 6.11. The third kappa shape index (κ3) is 1.52. The molecule has 1 aliphatic heterocycles. The minimum atomic E-state index is 0.00843. The highest BCUT2D eigenvalue weighted by atomic mass is 16.5. The van der Waals surface area contributed by atoms with Crippen molar-refractivity contribution in [3.8, 4) is 0 Å². The van der Waals surface area contributed by atoms with Crippen molar-refractivity contribution >= 4 is 0 Å². The van der Waals surface area contributed by atoms with Crippen LogP contribution in [0.5, 0.6) is 0 Å². The highest BCUT2D eigenvalue weighted by Crippen LogP contribution is 2.46. The summed E-state index contributed by atoms with van der Waals surface area (Å²) in [5.74, 6) is 1.06. The molecule has 4 nitrogen and oxygen atoms in total. The van der Waals surface area contributed by atoms with Gasteiger partial charge in [-0.25, -0.2) is 0 Å². The van der Waals surface area contributed by atoms with Gasteiger partial charge in [0.15, 0.2) is 0 Å². The Labute approximate surface area is 94.4 Å². The molecular formula is C12H18N2O2.